The van der Waals surface area contributed by atoms with E-state index in [1.807, 2.05) is 0 Å². The van der Waals surface area contributed by atoms with Crippen LogP contribution in [0.5, 0.6) is 0 Å². The van der Waals surface area contributed by atoms with Crippen LogP contribution in [0.4, 0.5) is 0 Å². The molecule has 0 aromatic carbocycles. The summed E-state index contributed by atoms with van der Waals surface area (Å²) >= 11 is 3.19. The zero-order valence-corrected chi connectivity index (χ0v) is 7.63. The quantitative estimate of drug-likeness (QED) is 0.693. The number of halogens is 1. The second-order valence-electron chi connectivity index (χ2n) is 2.38. The van der Waals surface area contributed by atoms with Crippen molar-refractivity contribution in [3.8, 4) is 0 Å². The molecule has 2 aromatic rings. The lowest BCUT2D eigenvalue weighted by Crippen LogP contribution is -2.01. The van der Waals surface area contributed by atoms with Gasteiger partial charge in [0.05, 0.1) is 9.99 Å². The molecule has 0 bridgehead atoms. The van der Waals surface area contributed by atoms with E-state index in [4.69, 9.17) is 0 Å². The largest absolute Gasteiger partial charge is 0.334 e. The smallest absolute Gasteiger partial charge is 0.192 e. The Morgan fingerprint density at radius 2 is 2.33 bits per heavy atom. The normalized spacial score (nSPS) is 10.4. The van der Waals surface area contributed by atoms with E-state index in [9.17, 15) is 4.79 Å². The number of hydrogen-bond acceptors (Lipinski definition) is 2. The molecule has 0 saturated heterocycles. The maximum absolute atomic E-state index is 11.3. The molecule has 0 aliphatic heterocycles. The molecule has 0 aliphatic carbocycles. The second-order valence-corrected chi connectivity index (χ2v) is 3.24. The molecular formula is C8H5BrN2O. The van der Waals surface area contributed by atoms with Gasteiger partial charge in [0.1, 0.15) is 5.65 Å². The second kappa shape index (κ2) is 2.71. The Bertz CT molecular complexity index is 478. The number of nitrogens with zero attached hydrogens (tertiary/aromatic N) is 1. The Kier molecular flexibility index (Phi) is 1.69. The summed E-state index contributed by atoms with van der Waals surface area (Å²) in [6.45, 7) is 0. The molecule has 12 heavy (non-hydrogen) atoms. The molecule has 60 valence electrons. The lowest BCUT2D eigenvalue weighted by Gasteiger charge is -1.95. The lowest BCUT2D eigenvalue weighted by molar-refractivity contribution is 1.25. The Hall–Kier alpha value is -1.16. The van der Waals surface area contributed by atoms with Crippen LogP contribution in [0, 0.1) is 0 Å². The number of aromatic amines is 1. The van der Waals surface area contributed by atoms with E-state index in [0.717, 1.165) is 0 Å². The fourth-order valence-corrected chi connectivity index (χ4v) is 1.44. The third kappa shape index (κ3) is 1.14. The van der Waals surface area contributed by atoms with Crippen LogP contribution in [0.15, 0.2) is 33.8 Å². The van der Waals surface area contributed by atoms with Gasteiger partial charge in [-0.15, -0.1) is 0 Å². The zero-order valence-electron chi connectivity index (χ0n) is 6.04. The molecule has 3 nitrogen and oxygen atoms in total. The molecule has 2 rings (SSSR count). The van der Waals surface area contributed by atoms with Gasteiger partial charge < -0.3 is 4.98 Å². The fraction of sp³-hybridized carbons (Fsp3) is 0. The van der Waals surface area contributed by atoms with Gasteiger partial charge in [-0.05, 0) is 28.1 Å². The predicted molar refractivity (Wildman–Crippen MR) is 50.1 cm³/mol. The Morgan fingerprint density at radius 1 is 1.50 bits per heavy atom. The molecule has 0 amide bonds. The van der Waals surface area contributed by atoms with Crippen molar-refractivity contribution in [2.45, 2.75) is 0 Å². The lowest BCUT2D eigenvalue weighted by atomic mass is 10.3. The first-order valence-electron chi connectivity index (χ1n) is 3.41. The van der Waals surface area contributed by atoms with E-state index < -0.39 is 0 Å². The van der Waals surface area contributed by atoms with Gasteiger partial charge in [0, 0.05) is 12.3 Å². The summed E-state index contributed by atoms with van der Waals surface area (Å²) in [5, 5.41) is 0.612. The SMILES string of the molecule is O=c1cc(Br)[nH]c2ncccc12. The highest BCUT2D eigenvalue weighted by Gasteiger charge is 1.98. The molecule has 0 atom stereocenters. The molecule has 0 radical (unpaired) electrons. The summed E-state index contributed by atoms with van der Waals surface area (Å²) in [6.07, 6.45) is 1.64. The first-order chi connectivity index (χ1) is 5.77. The van der Waals surface area contributed by atoms with Crippen LogP contribution >= 0.6 is 15.9 Å². The van der Waals surface area contributed by atoms with Crippen LogP contribution < -0.4 is 5.43 Å². The Balaban J connectivity index is 2.99. The van der Waals surface area contributed by atoms with Crippen LogP contribution in [0.1, 0.15) is 0 Å². The number of hydrogen-bond donors (Lipinski definition) is 1. The van der Waals surface area contributed by atoms with Crippen LogP contribution in [0.25, 0.3) is 11.0 Å². The van der Waals surface area contributed by atoms with Crippen LogP contribution in [-0.2, 0) is 0 Å². The van der Waals surface area contributed by atoms with Gasteiger partial charge in [-0.25, -0.2) is 4.98 Å². The molecule has 1 N–H and O–H groups in total. The van der Waals surface area contributed by atoms with E-state index in [-0.39, 0.29) is 5.43 Å². The molecule has 2 aromatic heterocycles. The van der Waals surface area contributed by atoms with Gasteiger partial charge in [0.15, 0.2) is 5.43 Å². The highest BCUT2D eigenvalue weighted by Crippen LogP contribution is 2.07. The molecule has 0 saturated carbocycles. The van der Waals surface area contributed by atoms with Crippen LogP contribution in [0.2, 0.25) is 0 Å². The number of nitrogens with one attached hydrogen (secondary N) is 1. The molecule has 4 heteroatoms. The van der Waals surface area contributed by atoms with Crippen molar-refractivity contribution < 1.29 is 0 Å². The Morgan fingerprint density at radius 3 is 3.17 bits per heavy atom. The maximum Gasteiger partial charge on any atom is 0.192 e. The third-order valence-corrected chi connectivity index (χ3v) is 2.00. The van der Waals surface area contributed by atoms with Crippen molar-refractivity contribution >= 4 is 27.0 Å². The van der Waals surface area contributed by atoms with Crippen LogP contribution in [-0.4, -0.2) is 9.97 Å². The molecule has 0 fully saturated rings. The number of rotatable bonds is 0. The summed E-state index contributed by atoms with van der Waals surface area (Å²) < 4.78 is 0.652. The van der Waals surface area contributed by atoms with E-state index in [0.29, 0.717) is 15.6 Å². The molecule has 0 aliphatic rings. The highest BCUT2D eigenvalue weighted by molar-refractivity contribution is 9.10. The number of H-pyrrole nitrogens is 1. The van der Waals surface area contributed by atoms with E-state index in [1.54, 1.807) is 18.3 Å². The molecule has 0 spiro atoms. The minimum Gasteiger partial charge on any atom is -0.334 e. The van der Waals surface area contributed by atoms with Crippen molar-refractivity contribution in [2.24, 2.45) is 0 Å². The summed E-state index contributed by atoms with van der Waals surface area (Å²) in [5.74, 6) is 0. The number of pyridine rings is 2. The van der Waals surface area contributed by atoms with Gasteiger partial charge in [-0.3, -0.25) is 4.79 Å². The minimum atomic E-state index is -0.0243. The van der Waals surface area contributed by atoms with E-state index in [1.165, 1.54) is 6.07 Å². The Labute approximate surface area is 76.6 Å². The van der Waals surface area contributed by atoms with Crippen molar-refractivity contribution in [1.82, 2.24) is 9.97 Å². The first-order valence-corrected chi connectivity index (χ1v) is 4.20. The van der Waals surface area contributed by atoms with Gasteiger partial charge in [0.25, 0.3) is 0 Å². The average molecular weight is 225 g/mol. The maximum atomic E-state index is 11.3. The monoisotopic (exact) mass is 224 g/mol. The predicted octanol–water partition coefficient (Wildman–Crippen LogP) is 1.69. The van der Waals surface area contributed by atoms with Crippen LogP contribution in [0.3, 0.4) is 0 Å². The molecular weight excluding hydrogens is 220 g/mol. The summed E-state index contributed by atoms with van der Waals surface area (Å²) in [6, 6.07) is 4.98. The van der Waals surface area contributed by atoms with Gasteiger partial charge in [0.2, 0.25) is 0 Å². The standard InChI is InChI=1S/C8H5BrN2O/c9-7-4-6(12)5-2-1-3-10-8(5)11-7/h1-4H,(H,10,11,12). The highest BCUT2D eigenvalue weighted by atomic mass is 79.9. The van der Waals surface area contributed by atoms with E-state index >= 15 is 0 Å². The number of aromatic nitrogens is 2. The van der Waals surface area contributed by atoms with Gasteiger partial charge in [-0.1, -0.05) is 0 Å². The van der Waals surface area contributed by atoms with Gasteiger partial charge >= 0.3 is 0 Å². The summed E-state index contributed by atoms with van der Waals surface area (Å²) in [7, 11) is 0. The van der Waals surface area contributed by atoms with Crippen molar-refractivity contribution in [1.29, 1.82) is 0 Å². The fourth-order valence-electron chi connectivity index (χ4n) is 1.05. The van der Waals surface area contributed by atoms with Crippen molar-refractivity contribution in [3.05, 3.63) is 39.2 Å². The van der Waals surface area contributed by atoms with Crippen molar-refractivity contribution in [2.75, 3.05) is 0 Å². The topological polar surface area (TPSA) is 45.8 Å². The third-order valence-electron chi connectivity index (χ3n) is 1.57. The molecule has 0 unspecified atom stereocenters. The first kappa shape index (κ1) is 7.49. The number of fused-ring (bicyclic) bond motifs is 1. The van der Waals surface area contributed by atoms with E-state index in [2.05, 4.69) is 25.9 Å². The average Bonchev–Trinajstić information content (AvgIpc) is 2.04. The summed E-state index contributed by atoms with van der Waals surface area (Å²) in [4.78, 5) is 18.3. The minimum absolute atomic E-state index is 0.0243. The summed E-state index contributed by atoms with van der Waals surface area (Å²) in [5.41, 5.74) is 0.584. The molecule has 2 heterocycles. The van der Waals surface area contributed by atoms with Gasteiger partial charge in [-0.2, -0.15) is 0 Å². The van der Waals surface area contributed by atoms with Crippen molar-refractivity contribution in [3.63, 3.8) is 0 Å². The zero-order chi connectivity index (χ0) is 8.55.